The maximum absolute atomic E-state index is 13.9. The van der Waals surface area contributed by atoms with Crippen LogP contribution in [0.3, 0.4) is 0 Å². The van der Waals surface area contributed by atoms with Crippen LogP contribution < -0.4 is 9.80 Å². The number of anilines is 4. The van der Waals surface area contributed by atoms with Crippen molar-refractivity contribution in [1.29, 1.82) is 0 Å². The summed E-state index contributed by atoms with van der Waals surface area (Å²) in [6, 6.07) is 56.0. The highest BCUT2D eigenvalue weighted by Gasteiger charge is 2.42. The van der Waals surface area contributed by atoms with Gasteiger partial charge in [0, 0.05) is 25.2 Å². The molecule has 7 aromatic carbocycles. The van der Waals surface area contributed by atoms with Crippen molar-refractivity contribution in [3.8, 4) is 44.5 Å². The molecule has 0 saturated carbocycles. The Morgan fingerprint density at radius 3 is 1.28 bits per heavy atom. The number of nitrogens with zero attached hydrogens (tertiary/aromatic N) is 6. The molecule has 1 fully saturated rings. The number of carbonyl (C=O) groups excluding carboxylic acids is 3. The van der Waals surface area contributed by atoms with Gasteiger partial charge >= 0.3 is 6.03 Å². The van der Waals surface area contributed by atoms with E-state index in [2.05, 4.69) is 148 Å². The number of imide groups is 2. The van der Waals surface area contributed by atoms with Gasteiger partial charge in [-0.3, -0.25) is 29.2 Å². The van der Waals surface area contributed by atoms with Crippen LogP contribution in [0.15, 0.2) is 187 Å². The van der Waals surface area contributed by atoms with Gasteiger partial charge in [0.2, 0.25) is 0 Å². The quantitative estimate of drug-likeness (QED) is 0.105. The minimum atomic E-state index is -0.690. The van der Waals surface area contributed by atoms with Crippen LogP contribution in [-0.4, -0.2) is 51.7 Å². The van der Waals surface area contributed by atoms with Gasteiger partial charge in [-0.05, 0) is 105 Å². The molecular formula is C60H52N6O3. The second-order valence-electron chi connectivity index (χ2n) is 18.3. The van der Waals surface area contributed by atoms with Gasteiger partial charge in [0.15, 0.2) is 11.6 Å². The van der Waals surface area contributed by atoms with Crippen LogP contribution in [0.1, 0.15) is 56.2 Å². The number of fused-ring (bicyclic) bond motifs is 2. The molecule has 1 aromatic heterocycles. The first-order valence-corrected chi connectivity index (χ1v) is 23.4. The van der Waals surface area contributed by atoms with E-state index in [4.69, 9.17) is 9.97 Å². The molecule has 8 aromatic rings. The molecule has 0 bridgehead atoms. The molecule has 0 radical (unpaired) electrons. The van der Waals surface area contributed by atoms with Crippen molar-refractivity contribution >= 4 is 51.9 Å². The molecule has 0 unspecified atom stereocenters. The molecule has 0 atom stereocenters. The predicted molar refractivity (Wildman–Crippen MR) is 278 cm³/mol. The Morgan fingerprint density at radius 2 is 0.841 bits per heavy atom. The van der Waals surface area contributed by atoms with Crippen molar-refractivity contribution in [2.75, 3.05) is 23.9 Å². The van der Waals surface area contributed by atoms with Gasteiger partial charge < -0.3 is 0 Å². The van der Waals surface area contributed by atoms with Crippen LogP contribution in [0, 0.1) is 6.92 Å². The van der Waals surface area contributed by atoms with Crippen molar-refractivity contribution < 1.29 is 14.4 Å². The van der Waals surface area contributed by atoms with Gasteiger partial charge in [-0.25, -0.2) is 14.8 Å². The SMILES string of the molecule is Cc1cc(-c2ccc(-c3ccccc3)cc2)c(N2/C(=C/C=C3C(=O)N(C)C(=O)N(C)C3=O)N(c3c(C(C)C)cccc3C(C)C)c3nc4ccccc4nc32)c(-c2ccc(-c3ccccc3)cc2)c1. The summed E-state index contributed by atoms with van der Waals surface area (Å²) in [7, 11) is 2.78. The third-order valence-corrected chi connectivity index (χ3v) is 13.1. The van der Waals surface area contributed by atoms with Crippen LogP contribution in [0.5, 0.6) is 0 Å². The molecule has 0 spiro atoms. The van der Waals surface area contributed by atoms with E-state index in [1.54, 1.807) is 6.08 Å². The van der Waals surface area contributed by atoms with Crippen molar-refractivity contribution in [3.05, 3.63) is 204 Å². The zero-order valence-corrected chi connectivity index (χ0v) is 39.8. The van der Waals surface area contributed by atoms with Crippen LogP contribution in [0.25, 0.3) is 55.5 Å². The predicted octanol–water partition coefficient (Wildman–Crippen LogP) is 14.0. The fourth-order valence-electron chi connectivity index (χ4n) is 9.52. The van der Waals surface area contributed by atoms with Crippen LogP contribution >= 0.6 is 0 Å². The Labute approximate surface area is 403 Å². The number of rotatable bonds is 9. The standard InChI is InChI=1S/C60H52N6O3/c1-37(2)46-21-16-22-47(38(3)4)54(46)65-53(34-33-48-58(67)63(6)60(69)64(7)59(48)68)66(57-56(65)61-51-23-14-15-24-52(51)62-57)55-49(44-29-25-42(26-30-44)40-17-10-8-11-18-40)35-39(5)36-50(55)45-31-27-43(28-32-45)41-19-12-9-13-20-41/h8-38H,1-7H3/b53-34+. The first-order valence-electron chi connectivity index (χ1n) is 23.4. The summed E-state index contributed by atoms with van der Waals surface area (Å²) in [5.74, 6) is 0.579. The summed E-state index contributed by atoms with van der Waals surface area (Å²) in [6.45, 7) is 10.9. The highest BCUT2D eigenvalue weighted by molar-refractivity contribution is 6.28. The average molecular weight is 905 g/mol. The van der Waals surface area contributed by atoms with Crippen molar-refractivity contribution in [2.45, 2.75) is 46.5 Å². The molecule has 9 nitrogen and oxygen atoms in total. The summed E-state index contributed by atoms with van der Waals surface area (Å²) < 4.78 is 0. The number of carbonyl (C=O) groups is 3. The fourth-order valence-corrected chi connectivity index (χ4v) is 9.52. The summed E-state index contributed by atoms with van der Waals surface area (Å²) in [4.78, 5) is 58.2. The highest BCUT2D eigenvalue weighted by atomic mass is 16.2. The second-order valence-corrected chi connectivity index (χ2v) is 18.3. The maximum Gasteiger partial charge on any atom is 0.333 e. The first kappa shape index (κ1) is 44.4. The van der Waals surface area contributed by atoms with E-state index in [0.717, 1.165) is 82.4 Å². The minimum absolute atomic E-state index is 0.0933. The van der Waals surface area contributed by atoms with Crippen molar-refractivity contribution in [1.82, 2.24) is 19.8 Å². The number of hydrogen-bond donors (Lipinski definition) is 0. The van der Waals surface area contributed by atoms with Crippen LogP contribution in [0.4, 0.5) is 27.8 Å². The van der Waals surface area contributed by atoms with E-state index in [1.165, 1.54) is 14.1 Å². The van der Waals surface area contributed by atoms with E-state index < -0.39 is 17.8 Å². The van der Waals surface area contributed by atoms with Gasteiger partial charge in [0.1, 0.15) is 11.4 Å². The number of para-hydroxylation sites is 3. The topological polar surface area (TPSA) is 90.0 Å². The molecule has 9 heteroatoms. The largest absolute Gasteiger partial charge is 0.333 e. The van der Waals surface area contributed by atoms with E-state index in [0.29, 0.717) is 28.5 Å². The first-order chi connectivity index (χ1) is 33.4. The molecule has 1 saturated heterocycles. The number of likely N-dealkylation sites (N-methyl/N-ethyl adjacent to an activating group) is 2. The van der Waals surface area contributed by atoms with E-state index in [1.807, 2.05) is 66.7 Å². The van der Waals surface area contributed by atoms with Crippen molar-refractivity contribution in [3.63, 3.8) is 0 Å². The number of urea groups is 1. The van der Waals surface area contributed by atoms with Gasteiger partial charge in [-0.15, -0.1) is 0 Å². The Morgan fingerprint density at radius 1 is 0.449 bits per heavy atom. The normalized spacial score (nSPS) is 14.5. The molecule has 4 amide bonds. The molecule has 2 aliphatic heterocycles. The molecular weight excluding hydrogens is 853 g/mol. The highest BCUT2D eigenvalue weighted by Crippen LogP contribution is 2.55. The monoisotopic (exact) mass is 904 g/mol. The van der Waals surface area contributed by atoms with Crippen molar-refractivity contribution in [2.24, 2.45) is 0 Å². The molecule has 69 heavy (non-hydrogen) atoms. The average Bonchev–Trinajstić information content (AvgIpc) is 3.68. The Bertz CT molecular complexity index is 3220. The van der Waals surface area contributed by atoms with Gasteiger partial charge in [0.25, 0.3) is 11.8 Å². The van der Waals surface area contributed by atoms with Gasteiger partial charge in [-0.1, -0.05) is 167 Å². The Kier molecular flexibility index (Phi) is 11.6. The third kappa shape index (κ3) is 7.95. The number of amides is 4. The molecule has 340 valence electrons. The number of hydrogen-bond acceptors (Lipinski definition) is 7. The van der Waals surface area contributed by atoms with E-state index >= 15 is 0 Å². The maximum atomic E-state index is 13.9. The number of barbiturate groups is 1. The lowest BCUT2D eigenvalue weighted by Crippen LogP contribution is -2.53. The summed E-state index contributed by atoms with van der Waals surface area (Å²) >= 11 is 0. The third-order valence-electron chi connectivity index (χ3n) is 13.1. The van der Waals surface area contributed by atoms with Gasteiger partial charge in [0.05, 0.1) is 22.4 Å². The van der Waals surface area contributed by atoms with E-state index in [9.17, 15) is 14.4 Å². The number of aromatic nitrogens is 2. The molecule has 10 rings (SSSR count). The summed E-state index contributed by atoms with van der Waals surface area (Å²) in [6.07, 6.45) is 3.37. The lowest BCUT2D eigenvalue weighted by atomic mass is 9.91. The van der Waals surface area contributed by atoms with Crippen LogP contribution in [0.2, 0.25) is 0 Å². The zero-order chi connectivity index (χ0) is 48.1. The number of aryl methyl sites for hydroxylation is 1. The lowest BCUT2D eigenvalue weighted by molar-refractivity contribution is -0.134. The van der Waals surface area contributed by atoms with E-state index in [-0.39, 0.29) is 17.4 Å². The molecule has 3 heterocycles. The number of benzene rings is 7. The Hall–Kier alpha value is -8.43. The molecule has 2 aliphatic rings. The lowest BCUT2D eigenvalue weighted by Gasteiger charge is -2.32. The fraction of sp³-hybridized carbons (Fsp3) is 0.150. The van der Waals surface area contributed by atoms with Crippen LogP contribution in [-0.2, 0) is 9.59 Å². The van der Waals surface area contributed by atoms with Gasteiger partial charge in [-0.2, -0.15) is 0 Å². The zero-order valence-electron chi connectivity index (χ0n) is 39.8. The number of allylic oxidation sites excluding steroid dienone is 2. The molecule has 0 aliphatic carbocycles. The smallest absolute Gasteiger partial charge is 0.276 e. The second kappa shape index (κ2) is 18.0. The minimum Gasteiger partial charge on any atom is -0.276 e. The molecule has 0 N–H and O–H groups in total. The summed E-state index contributed by atoms with van der Waals surface area (Å²) in [5, 5.41) is 0. The Balaban J connectivity index is 1.32. The summed E-state index contributed by atoms with van der Waals surface area (Å²) in [5.41, 5.74) is 14.5.